The molecule has 0 aromatic heterocycles. The van der Waals surface area contributed by atoms with Crippen molar-refractivity contribution in [3.8, 4) is 0 Å². The Labute approximate surface area is 53.5 Å². The Morgan fingerprint density at radius 2 is 1.80 bits per heavy atom. The van der Waals surface area contributed by atoms with Gasteiger partial charge in [0.1, 0.15) is 0 Å². The zero-order chi connectivity index (χ0) is 3.41. The summed E-state index contributed by atoms with van der Waals surface area (Å²) in [5.41, 5.74) is 0. The van der Waals surface area contributed by atoms with Crippen molar-refractivity contribution in [2.75, 3.05) is 0 Å². The Bertz CT molecular complexity index is 8.85. The molecule has 0 aliphatic heterocycles. The zero-order valence-electron chi connectivity index (χ0n) is 2.75. The van der Waals surface area contributed by atoms with E-state index in [1.165, 1.54) is 0 Å². The molecule has 2 N–H and O–H groups in total. The summed E-state index contributed by atoms with van der Waals surface area (Å²) >= 11 is 0. The first-order valence-electron chi connectivity index (χ1n) is 0.565. The van der Waals surface area contributed by atoms with Gasteiger partial charge in [0.05, 0.1) is 0 Å². The van der Waals surface area contributed by atoms with Crippen LogP contribution >= 0.6 is 9.03 Å². The van der Waals surface area contributed by atoms with Gasteiger partial charge in [0.15, 0.2) is 0 Å². The van der Waals surface area contributed by atoms with Crippen LogP contribution in [0.1, 0.15) is 0 Å². The van der Waals surface area contributed by atoms with Gasteiger partial charge in [0.25, 0.3) is 0 Å². The maximum absolute atomic E-state index is 7.38. The van der Waals surface area contributed by atoms with Crippen LogP contribution in [0, 0.1) is 0 Å². The first-order valence-corrected chi connectivity index (χ1v) is 1.33. The number of rotatable bonds is 1. The standard InChI is InChI=1S/Na.H2O3P/c;1-3-4-2/h;1-2H/q+1;-1. The fourth-order valence-electron chi connectivity index (χ4n) is 0. The molecule has 0 aromatic rings. The minimum atomic E-state index is -0.446. The van der Waals surface area contributed by atoms with Crippen molar-refractivity contribution in [1.29, 1.82) is 0 Å². The minimum absolute atomic E-state index is 0. The molecule has 0 aromatic carbocycles. The van der Waals surface area contributed by atoms with E-state index in [1.807, 2.05) is 0 Å². The van der Waals surface area contributed by atoms with Crippen LogP contribution in [0.4, 0.5) is 0 Å². The summed E-state index contributed by atoms with van der Waals surface area (Å²) in [5, 5.41) is 7.11. The van der Waals surface area contributed by atoms with Gasteiger partial charge in [0, 0.05) is 0 Å². The van der Waals surface area contributed by atoms with Gasteiger partial charge >= 0.3 is 29.6 Å². The Morgan fingerprint density at radius 3 is 1.80 bits per heavy atom. The molecular formula is H2NaO3P. The normalized spacial score (nSPS) is 8.40. The summed E-state index contributed by atoms with van der Waals surface area (Å²) in [7, 11) is -0.446. The molecule has 0 aliphatic rings. The van der Waals surface area contributed by atoms with E-state index < -0.39 is 9.03 Å². The minimum Gasteiger partial charge on any atom is -0.539 e. The zero-order valence-corrected chi connectivity index (χ0v) is 5.64. The van der Waals surface area contributed by atoms with Gasteiger partial charge in [-0.2, -0.15) is 0 Å². The molecule has 0 radical (unpaired) electrons. The topological polar surface area (TPSA) is 49.7 Å². The number of hydrogen-bond acceptors (Lipinski definition) is 3. The fraction of sp³-hybridized carbons (Fsp3) is 0. The molecule has 0 rings (SSSR count). The van der Waals surface area contributed by atoms with Crippen LogP contribution in [-0.2, 0) is 4.67 Å². The van der Waals surface area contributed by atoms with Crippen molar-refractivity contribution in [3.63, 3.8) is 0 Å². The van der Waals surface area contributed by atoms with Crippen molar-refractivity contribution < 1.29 is 44.4 Å². The maximum Gasteiger partial charge on any atom is 1.00 e. The van der Waals surface area contributed by atoms with Gasteiger partial charge in [-0.05, 0) is 0 Å². The second-order valence-electron chi connectivity index (χ2n) is 0.163. The first-order chi connectivity index (χ1) is 1.91. The first kappa shape index (κ1) is 9.58. The Morgan fingerprint density at radius 1 is 1.60 bits per heavy atom. The molecule has 3 nitrogen and oxygen atoms in total. The van der Waals surface area contributed by atoms with Crippen LogP contribution in [0.15, 0.2) is 0 Å². The largest absolute Gasteiger partial charge is 1.00 e. The van der Waals surface area contributed by atoms with E-state index in [-0.39, 0.29) is 29.6 Å². The molecule has 0 unspecified atom stereocenters. The van der Waals surface area contributed by atoms with E-state index >= 15 is 0 Å². The van der Waals surface area contributed by atoms with E-state index in [0.29, 0.717) is 0 Å². The Kier molecular flexibility index (Phi) is 17.2. The summed E-state index contributed by atoms with van der Waals surface area (Å²) in [6.07, 6.45) is 0. The molecule has 0 saturated carbocycles. The van der Waals surface area contributed by atoms with Crippen molar-refractivity contribution in [1.82, 2.24) is 0 Å². The molecular weight excluding hydrogens is 102 g/mol. The molecule has 0 amide bonds. The molecule has 0 aliphatic carbocycles. The third-order valence-corrected chi connectivity index (χ3v) is 0.110. The maximum atomic E-state index is 7.38. The third kappa shape index (κ3) is 10.9. The molecule has 0 spiro atoms. The van der Waals surface area contributed by atoms with Crippen LogP contribution in [-0.4, -0.2) is 10.2 Å². The molecule has 5 heavy (non-hydrogen) atoms. The second-order valence-corrected chi connectivity index (χ2v) is 0.490. The molecule has 0 bridgehead atoms. The smallest absolute Gasteiger partial charge is 0.539 e. The van der Waals surface area contributed by atoms with Gasteiger partial charge in [-0.3, -0.25) is 5.26 Å². The quantitative estimate of drug-likeness (QED) is 0.164. The van der Waals surface area contributed by atoms with E-state index in [2.05, 4.69) is 4.67 Å². The molecule has 5 heteroatoms. The van der Waals surface area contributed by atoms with Crippen LogP contribution in [0.25, 0.3) is 0 Å². The average molecular weight is 104 g/mol. The van der Waals surface area contributed by atoms with E-state index in [1.54, 1.807) is 0 Å². The Hall–Kier alpha value is 1.31. The fourth-order valence-corrected chi connectivity index (χ4v) is 0. The van der Waals surface area contributed by atoms with E-state index in [0.717, 1.165) is 0 Å². The molecule has 0 fully saturated rings. The van der Waals surface area contributed by atoms with Crippen molar-refractivity contribution >= 4 is 9.03 Å². The van der Waals surface area contributed by atoms with Crippen LogP contribution in [0.2, 0.25) is 0 Å². The molecule has 0 saturated heterocycles. The van der Waals surface area contributed by atoms with Gasteiger partial charge in [0.2, 0.25) is 0 Å². The van der Waals surface area contributed by atoms with Crippen LogP contribution in [0.3, 0.4) is 0 Å². The molecule has 0 atom stereocenters. The average Bonchev–Trinajstić information content (AvgIpc) is 1.37. The summed E-state index contributed by atoms with van der Waals surface area (Å²) < 4.78 is 3.07. The summed E-state index contributed by atoms with van der Waals surface area (Å²) in [6.45, 7) is 0. The summed E-state index contributed by atoms with van der Waals surface area (Å²) in [6, 6.07) is 0. The monoisotopic (exact) mass is 104 g/mol. The van der Waals surface area contributed by atoms with E-state index in [4.69, 9.17) is 10.2 Å². The van der Waals surface area contributed by atoms with Crippen molar-refractivity contribution in [2.45, 2.75) is 0 Å². The van der Waals surface area contributed by atoms with Gasteiger partial charge in [-0.25, -0.2) is 9.03 Å². The number of hydrogen-bond donors (Lipinski definition) is 2. The van der Waals surface area contributed by atoms with E-state index in [9.17, 15) is 0 Å². The Balaban J connectivity index is 0. The third-order valence-electron chi connectivity index (χ3n) is 0.0365. The van der Waals surface area contributed by atoms with Crippen molar-refractivity contribution in [3.05, 3.63) is 0 Å². The SMILES string of the molecule is OO[P-]O.[Na+]. The predicted molar refractivity (Wildman–Crippen MR) is 12.9 cm³/mol. The molecule has 0 heterocycles. The second kappa shape index (κ2) is 9.00. The molecule has 26 valence electrons. The van der Waals surface area contributed by atoms with Gasteiger partial charge < -0.3 is 9.57 Å². The van der Waals surface area contributed by atoms with Crippen LogP contribution < -0.4 is 29.6 Å². The predicted octanol–water partition coefficient (Wildman–Crippen LogP) is -2.75. The summed E-state index contributed by atoms with van der Waals surface area (Å²) in [5.74, 6) is 0. The van der Waals surface area contributed by atoms with Gasteiger partial charge in [-0.15, -0.1) is 0 Å². The van der Waals surface area contributed by atoms with Crippen molar-refractivity contribution in [2.24, 2.45) is 0 Å². The van der Waals surface area contributed by atoms with Crippen LogP contribution in [0.5, 0.6) is 0 Å². The summed E-state index contributed by atoms with van der Waals surface area (Å²) in [4.78, 5) is 7.38. The van der Waals surface area contributed by atoms with Gasteiger partial charge in [-0.1, -0.05) is 0 Å².